The number of primary amides is 1. The number of carbonyl (C=O) groups excluding carboxylic acids is 2. The van der Waals surface area contributed by atoms with Crippen molar-refractivity contribution in [2.75, 3.05) is 5.32 Å². The van der Waals surface area contributed by atoms with Gasteiger partial charge < -0.3 is 11.1 Å². The molecule has 2 aliphatic rings. The summed E-state index contributed by atoms with van der Waals surface area (Å²) >= 11 is 0. The van der Waals surface area contributed by atoms with Crippen LogP contribution >= 0.6 is 0 Å². The Labute approximate surface area is 122 Å². The zero-order chi connectivity index (χ0) is 14.8. The second-order valence-electron chi connectivity index (χ2n) is 5.76. The molecule has 1 heterocycles. The fraction of sp³-hybridized carbons (Fsp3) is 0.571. The maximum atomic E-state index is 11.9. The average molecular weight is 289 g/mol. The van der Waals surface area contributed by atoms with E-state index in [-0.39, 0.29) is 23.9 Å². The van der Waals surface area contributed by atoms with Crippen LogP contribution in [0.3, 0.4) is 0 Å². The number of aromatic nitrogens is 2. The molecule has 2 atom stereocenters. The van der Waals surface area contributed by atoms with Crippen molar-refractivity contribution in [3.63, 3.8) is 0 Å². The molecular weight excluding hydrogens is 270 g/mol. The molecule has 1 aromatic rings. The lowest BCUT2D eigenvalue weighted by atomic mass is 10.0. The molecule has 2 fully saturated rings. The molecular formula is C14H19N5O2. The van der Waals surface area contributed by atoms with Gasteiger partial charge in [0.2, 0.25) is 5.91 Å². The lowest BCUT2D eigenvalue weighted by molar-refractivity contribution is -0.122. The quantitative estimate of drug-likeness (QED) is 0.771. The molecule has 0 radical (unpaired) electrons. The van der Waals surface area contributed by atoms with Crippen LogP contribution in [0.2, 0.25) is 0 Å². The molecule has 7 heteroatoms. The van der Waals surface area contributed by atoms with E-state index in [2.05, 4.69) is 20.8 Å². The van der Waals surface area contributed by atoms with Gasteiger partial charge in [0.1, 0.15) is 0 Å². The third-order valence-electron chi connectivity index (χ3n) is 4.12. The molecule has 0 spiro atoms. The zero-order valence-corrected chi connectivity index (χ0v) is 11.7. The number of carbonyl (C=O) groups is 2. The lowest BCUT2D eigenvalue weighted by Gasteiger charge is -2.18. The highest BCUT2D eigenvalue weighted by molar-refractivity contribution is 5.89. The van der Waals surface area contributed by atoms with E-state index in [1.807, 2.05) is 6.07 Å². The largest absolute Gasteiger partial charge is 0.369 e. The van der Waals surface area contributed by atoms with Gasteiger partial charge in [-0.15, -0.1) is 5.10 Å². The number of hydrogen-bond acceptors (Lipinski definition) is 4. The van der Waals surface area contributed by atoms with Crippen LogP contribution < -0.4 is 16.4 Å². The Bertz CT molecular complexity index is 541. The number of amides is 3. The van der Waals surface area contributed by atoms with Gasteiger partial charge in [-0.2, -0.15) is 5.10 Å². The molecule has 7 nitrogen and oxygen atoms in total. The second kappa shape index (κ2) is 5.67. The Morgan fingerprint density at radius 1 is 1.14 bits per heavy atom. The van der Waals surface area contributed by atoms with Crippen LogP contribution in [0.1, 0.15) is 43.7 Å². The highest BCUT2D eigenvalue weighted by atomic mass is 16.2. The van der Waals surface area contributed by atoms with E-state index in [0.717, 1.165) is 37.8 Å². The zero-order valence-electron chi connectivity index (χ0n) is 11.7. The highest BCUT2D eigenvalue weighted by Crippen LogP contribution is 2.38. The van der Waals surface area contributed by atoms with Gasteiger partial charge in [-0.05, 0) is 37.8 Å². The van der Waals surface area contributed by atoms with Crippen molar-refractivity contribution in [3.8, 4) is 0 Å². The normalized spacial score (nSPS) is 24.6. The van der Waals surface area contributed by atoms with Crippen molar-refractivity contribution in [3.05, 3.63) is 17.8 Å². The van der Waals surface area contributed by atoms with E-state index >= 15 is 0 Å². The molecule has 1 aromatic heterocycles. The molecule has 0 aliphatic heterocycles. The molecule has 3 rings (SSSR count). The van der Waals surface area contributed by atoms with Crippen LogP contribution in [0.5, 0.6) is 0 Å². The standard InChI is InChI=1S/C14H19N5O2/c15-13(20)9-2-1-3-11(9)16-14(21)17-12-7-6-10(18-19-12)8-4-5-8/h6-9,11H,1-5H2,(H2,15,20)(H2,16,17,19,21)/t9-,11+/m1/s1. The van der Waals surface area contributed by atoms with Crippen LogP contribution in [0.25, 0.3) is 0 Å². The van der Waals surface area contributed by atoms with Crippen LogP contribution in [-0.4, -0.2) is 28.2 Å². The smallest absolute Gasteiger partial charge is 0.320 e. The van der Waals surface area contributed by atoms with Crippen LogP contribution in [0.15, 0.2) is 12.1 Å². The number of nitrogens with zero attached hydrogens (tertiary/aromatic N) is 2. The van der Waals surface area contributed by atoms with Crippen molar-refractivity contribution in [1.82, 2.24) is 15.5 Å². The van der Waals surface area contributed by atoms with E-state index in [4.69, 9.17) is 5.73 Å². The first-order chi connectivity index (χ1) is 10.1. The van der Waals surface area contributed by atoms with Gasteiger partial charge in [0.15, 0.2) is 5.82 Å². The number of anilines is 1. The summed E-state index contributed by atoms with van der Waals surface area (Å²) in [6, 6.07) is 3.07. The lowest BCUT2D eigenvalue weighted by Crippen LogP contribution is -2.44. The number of hydrogen-bond donors (Lipinski definition) is 3. The first-order valence-electron chi connectivity index (χ1n) is 7.34. The van der Waals surface area contributed by atoms with Gasteiger partial charge in [-0.25, -0.2) is 4.79 Å². The summed E-state index contributed by atoms with van der Waals surface area (Å²) in [5.41, 5.74) is 6.31. The number of urea groups is 1. The summed E-state index contributed by atoms with van der Waals surface area (Å²) in [6.07, 6.45) is 4.73. The summed E-state index contributed by atoms with van der Waals surface area (Å²) in [5.74, 6) is 0.311. The molecule has 0 saturated heterocycles. The Balaban J connectivity index is 1.54. The van der Waals surface area contributed by atoms with Gasteiger partial charge >= 0.3 is 6.03 Å². The highest BCUT2D eigenvalue weighted by Gasteiger charge is 2.32. The summed E-state index contributed by atoms with van der Waals surface area (Å²) in [5, 5.41) is 13.5. The van der Waals surface area contributed by atoms with E-state index < -0.39 is 0 Å². The van der Waals surface area contributed by atoms with E-state index in [0.29, 0.717) is 11.7 Å². The first-order valence-corrected chi connectivity index (χ1v) is 7.34. The molecule has 3 amide bonds. The molecule has 4 N–H and O–H groups in total. The Morgan fingerprint density at radius 3 is 2.57 bits per heavy atom. The fourth-order valence-corrected chi connectivity index (χ4v) is 2.80. The Hall–Kier alpha value is -2.18. The van der Waals surface area contributed by atoms with Gasteiger partial charge in [0.25, 0.3) is 0 Å². The van der Waals surface area contributed by atoms with Crippen LogP contribution in [0.4, 0.5) is 10.6 Å². The number of nitrogens with one attached hydrogen (secondary N) is 2. The summed E-state index contributed by atoms with van der Waals surface area (Å²) in [7, 11) is 0. The minimum Gasteiger partial charge on any atom is -0.369 e. The first kappa shape index (κ1) is 13.8. The molecule has 2 aliphatic carbocycles. The van der Waals surface area contributed by atoms with Gasteiger partial charge in [0, 0.05) is 12.0 Å². The topological polar surface area (TPSA) is 110 Å². The summed E-state index contributed by atoms with van der Waals surface area (Å²) < 4.78 is 0. The monoisotopic (exact) mass is 289 g/mol. The third-order valence-corrected chi connectivity index (χ3v) is 4.12. The van der Waals surface area contributed by atoms with Crippen LogP contribution in [0, 0.1) is 5.92 Å². The van der Waals surface area contributed by atoms with Gasteiger partial charge in [-0.3, -0.25) is 10.1 Å². The minimum absolute atomic E-state index is 0.193. The second-order valence-corrected chi connectivity index (χ2v) is 5.76. The summed E-state index contributed by atoms with van der Waals surface area (Å²) in [4.78, 5) is 23.2. The Morgan fingerprint density at radius 2 is 1.95 bits per heavy atom. The van der Waals surface area contributed by atoms with Crippen molar-refractivity contribution < 1.29 is 9.59 Å². The van der Waals surface area contributed by atoms with Gasteiger partial charge in [0.05, 0.1) is 11.6 Å². The van der Waals surface area contributed by atoms with Crippen molar-refractivity contribution >= 4 is 17.8 Å². The third kappa shape index (κ3) is 3.29. The summed E-state index contributed by atoms with van der Waals surface area (Å²) in [6.45, 7) is 0. The van der Waals surface area contributed by atoms with Crippen molar-refractivity contribution in [2.45, 2.75) is 44.1 Å². The predicted octanol–water partition coefficient (Wildman–Crippen LogP) is 1.13. The molecule has 112 valence electrons. The molecule has 21 heavy (non-hydrogen) atoms. The molecule has 0 bridgehead atoms. The maximum Gasteiger partial charge on any atom is 0.320 e. The SMILES string of the molecule is NC(=O)[C@@H]1CCC[C@@H]1NC(=O)Nc1ccc(C2CC2)nn1. The predicted molar refractivity (Wildman–Crippen MR) is 76.5 cm³/mol. The van der Waals surface area contributed by atoms with Crippen LogP contribution in [-0.2, 0) is 4.79 Å². The molecule has 0 unspecified atom stereocenters. The fourth-order valence-electron chi connectivity index (χ4n) is 2.80. The molecule has 0 aromatic carbocycles. The minimum atomic E-state index is -0.373. The van der Waals surface area contributed by atoms with Crippen molar-refractivity contribution in [1.29, 1.82) is 0 Å². The van der Waals surface area contributed by atoms with E-state index in [9.17, 15) is 9.59 Å². The van der Waals surface area contributed by atoms with E-state index in [1.165, 1.54) is 0 Å². The Kier molecular flexibility index (Phi) is 3.72. The van der Waals surface area contributed by atoms with Gasteiger partial charge in [-0.1, -0.05) is 6.42 Å². The van der Waals surface area contributed by atoms with E-state index in [1.54, 1.807) is 6.07 Å². The number of nitrogens with two attached hydrogens (primary N) is 1. The maximum absolute atomic E-state index is 11.9. The number of rotatable bonds is 4. The average Bonchev–Trinajstić information content (AvgIpc) is 3.19. The van der Waals surface area contributed by atoms with Crippen molar-refractivity contribution in [2.24, 2.45) is 11.7 Å². The molecule has 2 saturated carbocycles.